The first-order valence-corrected chi connectivity index (χ1v) is 10.9. The first-order valence-electron chi connectivity index (χ1n) is 10.9. The maximum absolute atomic E-state index is 13.7. The number of benzene rings is 1. The molecule has 172 valence electrons. The number of fused-ring (bicyclic) bond motifs is 1. The average molecular weight is 457 g/mol. The van der Waals surface area contributed by atoms with E-state index in [-0.39, 0.29) is 29.5 Å². The molecule has 4 aromatic rings. The second-order valence-electron chi connectivity index (χ2n) is 7.96. The number of imidazole rings is 1. The molecular formula is C24H23N7O3. The van der Waals surface area contributed by atoms with Gasteiger partial charge in [-0.25, -0.2) is 19.7 Å². The van der Waals surface area contributed by atoms with Gasteiger partial charge in [-0.05, 0) is 55.3 Å². The van der Waals surface area contributed by atoms with Gasteiger partial charge in [-0.1, -0.05) is 6.58 Å². The number of ether oxygens (including phenoxy) is 1. The molecule has 1 aromatic carbocycles. The Morgan fingerprint density at radius 1 is 1.12 bits per heavy atom. The standard InChI is InChI=1S/C24H23N7O3/c1-2-20(32)29-14-3-5-17(15-29)30-19-10-13-26-22(25)21(19)31(24(30)33)16-6-8-18(9-7-16)34-23-27-11-4-12-28-23/h2,4,6-13,17H,1,3,5,14-15H2,(H2,25,26)/t17-/m1/s1. The van der Waals surface area contributed by atoms with E-state index in [0.29, 0.717) is 35.6 Å². The van der Waals surface area contributed by atoms with Gasteiger partial charge in [0.2, 0.25) is 5.91 Å². The second kappa shape index (κ2) is 8.81. The predicted octanol–water partition coefficient (Wildman–Crippen LogP) is 2.70. The van der Waals surface area contributed by atoms with E-state index in [2.05, 4.69) is 21.5 Å². The summed E-state index contributed by atoms with van der Waals surface area (Å²) in [4.78, 5) is 40.0. The van der Waals surface area contributed by atoms with Crippen LogP contribution < -0.4 is 16.2 Å². The second-order valence-corrected chi connectivity index (χ2v) is 7.96. The molecule has 0 radical (unpaired) electrons. The topological polar surface area (TPSA) is 121 Å². The Labute approximate surface area is 194 Å². The van der Waals surface area contributed by atoms with Crippen LogP contribution in [-0.2, 0) is 4.79 Å². The zero-order valence-corrected chi connectivity index (χ0v) is 18.4. The van der Waals surface area contributed by atoms with Crippen molar-refractivity contribution in [3.63, 3.8) is 0 Å². The van der Waals surface area contributed by atoms with Gasteiger partial charge in [-0.15, -0.1) is 0 Å². The van der Waals surface area contributed by atoms with Crippen molar-refractivity contribution >= 4 is 22.8 Å². The maximum atomic E-state index is 13.7. The van der Waals surface area contributed by atoms with E-state index in [0.717, 1.165) is 12.8 Å². The molecular weight excluding hydrogens is 434 g/mol. The number of aromatic nitrogens is 5. The van der Waals surface area contributed by atoms with Gasteiger partial charge in [0.1, 0.15) is 17.1 Å². The number of rotatable bonds is 5. The van der Waals surface area contributed by atoms with Crippen LogP contribution in [0, 0.1) is 0 Å². The zero-order valence-electron chi connectivity index (χ0n) is 18.4. The quantitative estimate of drug-likeness (QED) is 0.457. The number of anilines is 1. The summed E-state index contributed by atoms with van der Waals surface area (Å²) in [5.41, 5.74) is 7.81. The highest BCUT2D eigenvalue weighted by Gasteiger charge is 2.28. The number of pyridine rings is 1. The van der Waals surface area contributed by atoms with Gasteiger partial charge in [0.15, 0.2) is 0 Å². The Hall–Kier alpha value is -4.47. The van der Waals surface area contributed by atoms with E-state index in [1.165, 1.54) is 6.08 Å². The van der Waals surface area contributed by atoms with Crippen LogP contribution in [0.2, 0.25) is 0 Å². The lowest BCUT2D eigenvalue weighted by atomic mass is 10.1. The van der Waals surface area contributed by atoms with Crippen LogP contribution in [-0.4, -0.2) is 48.0 Å². The summed E-state index contributed by atoms with van der Waals surface area (Å²) in [6.45, 7) is 4.65. The largest absolute Gasteiger partial charge is 0.424 e. The van der Waals surface area contributed by atoms with Crippen LogP contribution in [0.5, 0.6) is 11.8 Å². The number of nitrogens with zero attached hydrogens (tertiary/aromatic N) is 6. The Morgan fingerprint density at radius 3 is 2.62 bits per heavy atom. The third-order valence-corrected chi connectivity index (χ3v) is 5.91. The van der Waals surface area contributed by atoms with Gasteiger partial charge in [0, 0.05) is 31.7 Å². The monoisotopic (exact) mass is 457 g/mol. The van der Waals surface area contributed by atoms with Crippen LogP contribution in [0.4, 0.5) is 5.82 Å². The fourth-order valence-electron chi connectivity index (χ4n) is 4.38. The summed E-state index contributed by atoms with van der Waals surface area (Å²) >= 11 is 0. The van der Waals surface area contributed by atoms with E-state index >= 15 is 0 Å². The first-order chi connectivity index (χ1) is 16.6. The number of amides is 1. The molecule has 1 atom stereocenters. The van der Waals surface area contributed by atoms with Crippen molar-refractivity contribution in [1.82, 2.24) is 29.0 Å². The molecule has 5 rings (SSSR count). The first kappa shape index (κ1) is 21.4. The molecule has 0 aliphatic carbocycles. The average Bonchev–Trinajstić information content (AvgIpc) is 3.17. The van der Waals surface area contributed by atoms with Crippen LogP contribution in [0.15, 0.2) is 72.4 Å². The van der Waals surface area contributed by atoms with E-state index in [9.17, 15) is 9.59 Å². The molecule has 1 fully saturated rings. The Bertz CT molecular complexity index is 1410. The highest BCUT2D eigenvalue weighted by Crippen LogP contribution is 2.29. The summed E-state index contributed by atoms with van der Waals surface area (Å²) in [6.07, 6.45) is 7.64. The van der Waals surface area contributed by atoms with Crippen molar-refractivity contribution in [1.29, 1.82) is 0 Å². The number of carbonyl (C=O) groups is 1. The fourth-order valence-corrected chi connectivity index (χ4v) is 4.38. The third-order valence-electron chi connectivity index (χ3n) is 5.91. The number of nitrogen functional groups attached to an aromatic ring is 1. The summed E-state index contributed by atoms with van der Waals surface area (Å²) in [5.74, 6) is 0.644. The minimum atomic E-state index is -0.243. The van der Waals surface area contributed by atoms with Crippen LogP contribution in [0.1, 0.15) is 18.9 Å². The number of nitrogens with two attached hydrogens (primary N) is 1. The Kier molecular flexibility index (Phi) is 5.54. The maximum Gasteiger partial charge on any atom is 0.334 e. The SMILES string of the molecule is C=CC(=O)N1CCC[C@@H](n2c(=O)n(-c3ccc(Oc4ncccn4)cc3)c3c(N)nccc32)C1. The van der Waals surface area contributed by atoms with Crippen LogP contribution in [0.3, 0.4) is 0 Å². The van der Waals surface area contributed by atoms with Gasteiger partial charge in [-0.2, -0.15) is 0 Å². The minimum absolute atomic E-state index is 0.138. The van der Waals surface area contributed by atoms with Gasteiger partial charge >= 0.3 is 11.7 Å². The predicted molar refractivity (Wildman–Crippen MR) is 127 cm³/mol. The lowest BCUT2D eigenvalue weighted by molar-refractivity contribution is -0.127. The molecule has 0 bridgehead atoms. The highest BCUT2D eigenvalue weighted by molar-refractivity contribution is 5.88. The van der Waals surface area contributed by atoms with Crippen molar-refractivity contribution in [2.24, 2.45) is 0 Å². The molecule has 10 heteroatoms. The van der Waals surface area contributed by atoms with Crippen molar-refractivity contribution in [3.8, 4) is 17.4 Å². The minimum Gasteiger partial charge on any atom is -0.424 e. The van der Waals surface area contributed by atoms with E-state index in [1.807, 2.05) is 0 Å². The summed E-state index contributed by atoms with van der Waals surface area (Å²) < 4.78 is 8.93. The smallest absolute Gasteiger partial charge is 0.334 e. The van der Waals surface area contributed by atoms with Crippen molar-refractivity contribution in [2.75, 3.05) is 18.8 Å². The molecule has 1 amide bonds. The molecule has 0 saturated carbocycles. The van der Waals surface area contributed by atoms with Crippen molar-refractivity contribution in [3.05, 3.63) is 78.1 Å². The summed E-state index contributed by atoms with van der Waals surface area (Å²) in [7, 11) is 0. The molecule has 1 aliphatic heterocycles. The Balaban J connectivity index is 1.56. The Morgan fingerprint density at radius 2 is 1.88 bits per heavy atom. The molecule has 34 heavy (non-hydrogen) atoms. The fraction of sp³-hybridized carbons (Fsp3) is 0.208. The molecule has 2 N–H and O–H groups in total. The van der Waals surface area contributed by atoms with E-state index < -0.39 is 0 Å². The molecule has 1 saturated heterocycles. The van der Waals surface area contributed by atoms with E-state index in [1.54, 1.807) is 69.0 Å². The summed E-state index contributed by atoms with van der Waals surface area (Å²) in [5, 5.41) is 0. The molecule has 10 nitrogen and oxygen atoms in total. The molecule has 1 aliphatic rings. The third kappa shape index (κ3) is 3.79. The number of piperidine rings is 1. The van der Waals surface area contributed by atoms with Gasteiger partial charge in [0.25, 0.3) is 0 Å². The van der Waals surface area contributed by atoms with Gasteiger partial charge in [0.05, 0.1) is 17.2 Å². The van der Waals surface area contributed by atoms with Crippen LogP contribution in [0.25, 0.3) is 16.7 Å². The van der Waals surface area contributed by atoms with Crippen molar-refractivity contribution < 1.29 is 9.53 Å². The number of hydrogen-bond donors (Lipinski definition) is 1. The zero-order chi connectivity index (χ0) is 23.7. The number of hydrogen-bond acceptors (Lipinski definition) is 7. The highest BCUT2D eigenvalue weighted by atomic mass is 16.5. The molecule has 3 aromatic heterocycles. The lowest BCUT2D eigenvalue weighted by Crippen LogP contribution is -2.42. The van der Waals surface area contributed by atoms with E-state index in [4.69, 9.17) is 10.5 Å². The molecule has 0 unspecified atom stereocenters. The molecule has 0 spiro atoms. The molecule has 4 heterocycles. The summed E-state index contributed by atoms with van der Waals surface area (Å²) in [6, 6.07) is 10.5. The number of carbonyl (C=O) groups excluding carboxylic acids is 1. The normalized spacial score (nSPS) is 15.9. The van der Waals surface area contributed by atoms with Crippen LogP contribution >= 0.6 is 0 Å². The van der Waals surface area contributed by atoms with Gasteiger partial charge < -0.3 is 15.4 Å². The van der Waals surface area contributed by atoms with Crippen molar-refractivity contribution in [2.45, 2.75) is 18.9 Å². The van der Waals surface area contributed by atoms with Gasteiger partial charge in [-0.3, -0.25) is 13.9 Å². The number of likely N-dealkylation sites (tertiary alicyclic amines) is 1. The lowest BCUT2D eigenvalue weighted by Gasteiger charge is -2.32.